The Labute approximate surface area is 159 Å². The Morgan fingerprint density at radius 2 is 2.26 bits per heavy atom. The van der Waals surface area contributed by atoms with Gasteiger partial charge in [-0.3, -0.25) is 0 Å². The van der Waals surface area contributed by atoms with E-state index in [9.17, 15) is 5.11 Å². The summed E-state index contributed by atoms with van der Waals surface area (Å²) >= 11 is 1.85. The van der Waals surface area contributed by atoms with Gasteiger partial charge in [0.25, 0.3) is 0 Å². The highest BCUT2D eigenvalue weighted by Crippen LogP contribution is 2.10. The van der Waals surface area contributed by atoms with Gasteiger partial charge in [-0.05, 0) is 31.8 Å². The lowest BCUT2D eigenvalue weighted by atomic mass is 10.3. The van der Waals surface area contributed by atoms with Gasteiger partial charge in [-0.2, -0.15) is 11.8 Å². The number of guanidine groups is 1. The maximum atomic E-state index is 9.74. The van der Waals surface area contributed by atoms with E-state index in [1.54, 1.807) is 0 Å². The lowest BCUT2D eigenvalue weighted by molar-refractivity contribution is 0.187. The standard InChI is InChI=1S/C14H26N6OS.HI/c1-11-17-18-13(19(11)2)9-16-14(15-6-4-8-22-3)20-7-5-12(21)10-20;/h12,21H,4-10H2,1-3H3,(H,15,16);1H/t12-;/m1./s1. The van der Waals surface area contributed by atoms with Crippen LogP contribution in [0, 0.1) is 6.92 Å². The maximum Gasteiger partial charge on any atom is 0.194 e. The van der Waals surface area contributed by atoms with Crippen LogP contribution in [-0.2, 0) is 13.6 Å². The van der Waals surface area contributed by atoms with E-state index < -0.39 is 0 Å². The number of aliphatic hydroxyl groups excluding tert-OH is 1. The molecule has 0 radical (unpaired) electrons. The molecule has 9 heteroatoms. The minimum atomic E-state index is -0.254. The van der Waals surface area contributed by atoms with Crippen molar-refractivity contribution in [3.63, 3.8) is 0 Å². The summed E-state index contributed by atoms with van der Waals surface area (Å²) in [5.74, 6) is 3.72. The topological polar surface area (TPSA) is 78.6 Å². The highest BCUT2D eigenvalue weighted by molar-refractivity contribution is 14.0. The number of likely N-dealkylation sites (tertiary alicyclic amines) is 1. The summed E-state index contributed by atoms with van der Waals surface area (Å²) in [6.07, 6.45) is 3.76. The molecule has 2 rings (SSSR count). The largest absolute Gasteiger partial charge is 0.391 e. The first-order valence-corrected chi connectivity index (χ1v) is 9.06. The molecule has 1 fully saturated rings. The Balaban J connectivity index is 0.00000264. The van der Waals surface area contributed by atoms with Crippen molar-refractivity contribution in [1.82, 2.24) is 25.0 Å². The smallest absolute Gasteiger partial charge is 0.194 e. The van der Waals surface area contributed by atoms with Crippen LogP contribution in [0.4, 0.5) is 0 Å². The molecule has 0 amide bonds. The molecular formula is C14H27IN6OS. The fourth-order valence-electron chi connectivity index (χ4n) is 2.35. The Kier molecular flexibility index (Phi) is 9.22. The van der Waals surface area contributed by atoms with Gasteiger partial charge >= 0.3 is 0 Å². The van der Waals surface area contributed by atoms with E-state index in [1.165, 1.54) is 0 Å². The second-order valence-corrected chi connectivity index (χ2v) is 6.51. The molecule has 1 aromatic rings. The Bertz CT molecular complexity index is 509. The molecule has 2 N–H and O–H groups in total. The van der Waals surface area contributed by atoms with Crippen molar-refractivity contribution in [2.24, 2.45) is 12.0 Å². The summed E-state index contributed by atoms with van der Waals surface area (Å²) in [5.41, 5.74) is 0. The first kappa shape index (κ1) is 20.5. The summed E-state index contributed by atoms with van der Waals surface area (Å²) in [4.78, 5) is 6.79. The molecule has 1 saturated heterocycles. The second kappa shape index (κ2) is 10.3. The number of β-amino-alcohol motifs (C(OH)–C–C–N with tert-alkyl or cyclic N) is 1. The lowest BCUT2D eigenvalue weighted by Gasteiger charge is -2.21. The first-order chi connectivity index (χ1) is 10.6. The van der Waals surface area contributed by atoms with Crippen molar-refractivity contribution in [1.29, 1.82) is 0 Å². The fraction of sp³-hybridized carbons (Fsp3) is 0.786. The molecular weight excluding hydrogens is 427 g/mol. The molecule has 0 spiro atoms. The van der Waals surface area contributed by atoms with Gasteiger partial charge in [0.1, 0.15) is 12.4 Å². The molecule has 1 aromatic heterocycles. The monoisotopic (exact) mass is 454 g/mol. The fourth-order valence-corrected chi connectivity index (χ4v) is 2.79. The minimum absolute atomic E-state index is 0. The van der Waals surface area contributed by atoms with Gasteiger partial charge in [0.05, 0.1) is 6.10 Å². The third kappa shape index (κ3) is 6.11. The van der Waals surface area contributed by atoms with Crippen LogP contribution in [0.1, 0.15) is 24.5 Å². The maximum absolute atomic E-state index is 9.74. The van der Waals surface area contributed by atoms with Crippen molar-refractivity contribution in [2.75, 3.05) is 31.6 Å². The highest BCUT2D eigenvalue weighted by Gasteiger charge is 2.23. The molecule has 0 unspecified atom stereocenters. The van der Waals surface area contributed by atoms with Gasteiger partial charge < -0.3 is 19.9 Å². The van der Waals surface area contributed by atoms with E-state index in [0.717, 1.165) is 49.3 Å². The van der Waals surface area contributed by atoms with E-state index in [1.807, 2.05) is 30.3 Å². The zero-order valence-corrected chi connectivity index (χ0v) is 17.2. The van der Waals surface area contributed by atoms with Gasteiger partial charge in [0, 0.05) is 26.7 Å². The summed E-state index contributed by atoms with van der Waals surface area (Å²) in [6.45, 7) is 4.80. The number of halogens is 1. The average Bonchev–Trinajstić information content (AvgIpc) is 3.07. The van der Waals surface area contributed by atoms with Crippen LogP contribution in [-0.4, -0.2) is 68.5 Å². The van der Waals surface area contributed by atoms with Crippen LogP contribution < -0.4 is 5.32 Å². The number of nitrogens with one attached hydrogen (secondary N) is 1. The number of aryl methyl sites for hydroxylation is 1. The van der Waals surface area contributed by atoms with Crippen molar-refractivity contribution < 1.29 is 5.11 Å². The van der Waals surface area contributed by atoms with Crippen LogP contribution >= 0.6 is 35.7 Å². The summed E-state index contributed by atoms with van der Waals surface area (Å²) in [7, 11) is 1.95. The molecule has 0 aliphatic carbocycles. The Morgan fingerprint density at radius 1 is 1.48 bits per heavy atom. The highest BCUT2D eigenvalue weighted by atomic mass is 127. The van der Waals surface area contributed by atoms with E-state index >= 15 is 0 Å². The van der Waals surface area contributed by atoms with Gasteiger partial charge in [0.15, 0.2) is 11.8 Å². The van der Waals surface area contributed by atoms with Gasteiger partial charge in [-0.1, -0.05) is 0 Å². The summed E-state index contributed by atoms with van der Waals surface area (Å²) in [6, 6.07) is 0. The molecule has 23 heavy (non-hydrogen) atoms. The van der Waals surface area contributed by atoms with E-state index in [-0.39, 0.29) is 30.1 Å². The lowest BCUT2D eigenvalue weighted by Crippen LogP contribution is -2.41. The van der Waals surface area contributed by atoms with E-state index in [2.05, 4.69) is 31.7 Å². The van der Waals surface area contributed by atoms with Crippen molar-refractivity contribution >= 4 is 41.7 Å². The van der Waals surface area contributed by atoms with E-state index in [4.69, 9.17) is 0 Å². The number of nitrogens with zero attached hydrogens (tertiary/aromatic N) is 5. The number of aliphatic hydroxyl groups is 1. The molecule has 0 bridgehead atoms. The molecule has 132 valence electrons. The number of thioether (sulfide) groups is 1. The zero-order chi connectivity index (χ0) is 15.9. The molecule has 1 aliphatic rings. The molecule has 0 aromatic carbocycles. The Hall–Kier alpha value is -0.550. The van der Waals surface area contributed by atoms with Crippen LogP contribution in [0.3, 0.4) is 0 Å². The molecule has 2 heterocycles. The number of hydrogen-bond donors (Lipinski definition) is 2. The quantitative estimate of drug-likeness (QED) is 0.289. The molecule has 1 atom stereocenters. The number of aliphatic imine (C=N–C) groups is 1. The third-order valence-electron chi connectivity index (χ3n) is 3.82. The van der Waals surface area contributed by atoms with E-state index in [0.29, 0.717) is 13.1 Å². The molecule has 7 nitrogen and oxygen atoms in total. The first-order valence-electron chi connectivity index (χ1n) is 7.67. The minimum Gasteiger partial charge on any atom is -0.391 e. The summed E-state index contributed by atoms with van der Waals surface area (Å²) in [5, 5.41) is 21.3. The van der Waals surface area contributed by atoms with Crippen LogP contribution in [0.25, 0.3) is 0 Å². The normalized spacial score (nSPS) is 18.2. The van der Waals surface area contributed by atoms with Crippen molar-refractivity contribution in [3.8, 4) is 0 Å². The predicted octanol–water partition coefficient (Wildman–Crippen LogP) is 1.01. The van der Waals surface area contributed by atoms with Crippen molar-refractivity contribution in [3.05, 3.63) is 11.6 Å². The van der Waals surface area contributed by atoms with Crippen LogP contribution in [0.15, 0.2) is 4.99 Å². The predicted molar refractivity (Wildman–Crippen MR) is 105 cm³/mol. The number of hydrogen-bond acceptors (Lipinski definition) is 5. The average molecular weight is 454 g/mol. The van der Waals surface area contributed by atoms with Gasteiger partial charge in [-0.25, -0.2) is 4.99 Å². The molecule has 1 aliphatic heterocycles. The zero-order valence-electron chi connectivity index (χ0n) is 14.0. The van der Waals surface area contributed by atoms with Crippen LogP contribution in [0.5, 0.6) is 0 Å². The van der Waals surface area contributed by atoms with Crippen LogP contribution in [0.2, 0.25) is 0 Å². The SMILES string of the molecule is CSCCCNC(=NCc1nnc(C)n1C)N1CC[C@@H](O)C1.I. The van der Waals surface area contributed by atoms with Gasteiger partial charge in [-0.15, -0.1) is 34.2 Å². The van der Waals surface area contributed by atoms with Crippen molar-refractivity contribution in [2.45, 2.75) is 32.4 Å². The third-order valence-corrected chi connectivity index (χ3v) is 4.52. The Morgan fingerprint density at radius 3 is 2.83 bits per heavy atom. The second-order valence-electron chi connectivity index (χ2n) is 5.52. The summed E-state index contributed by atoms with van der Waals surface area (Å²) < 4.78 is 1.95. The number of rotatable bonds is 6. The molecule has 0 saturated carbocycles. The van der Waals surface area contributed by atoms with Gasteiger partial charge in [0.2, 0.25) is 0 Å². The number of aromatic nitrogens is 3.